The molecular formula is C22H44O6. The molecule has 0 radical (unpaired) electrons. The average molecular weight is 405 g/mol. The standard InChI is InChI=1S/C22H44O6/c1-3-5-7-9-10-12-22(23)28-21-20-27-19-18-26-17-16-25-15-14-24-13-11-8-6-4-2/h3-21H2,1-2H3. The third kappa shape index (κ3) is 23.3. The fraction of sp³-hybridized carbons (Fsp3) is 0.955. The molecule has 0 aromatic heterocycles. The summed E-state index contributed by atoms with van der Waals surface area (Å²) in [4.78, 5) is 11.5. The predicted molar refractivity (Wildman–Crippen MR) is 112 cm³/mol. The number of rotatable bonds is 23. The van der Waals surface area contributed by atoms with E-state index in [-0.39, 0.29) is 5.97 Å². The van der Waals surface area contributed by atoms with Crippen LogP contribution < -0.4 is 0 Å². The molecule has 0 bridgehead atoms. The van der Waals surface area contributed by atoms with E-state index >= 15 is 0 Å². The molecule has 0 saturated carbocycles. The van der Waals surface area contributed by atoms with E-state index in [1.807, 2.05) is 0 Å². The summed E-state index contributed by atoms with van der Waals surface area (Å²) >= 11 is 0. The maximum absolute atomic E-state index is 11.5. The highest BCUT2D eigenvalue weighted by atomic mass is 16.6. The highest BCUT2D eigenvalue weighted by Gasteiger charge is 2.02. The van der Waals surface area contributed by atoms with Crippen LogP contribution in [0.5, 0.6) is 0 Å². The van der Waals surface area contributed by atoms with Crippen molar-refractivity contribution >= 4 is 5.97 Å². The topological polar surface area (TPSA) is 63.2 Å². The van der Waals surface area contributed by atoms with E-state index in [1.165, 1.54) is 38.5 Å². The minimum absolute atomic E-state index is 0.126. The molecule has 6 heteroatoms. The largest absolute Gasteiger partial charge is 0.463 e. The Labute approximate surface area is 172 Å². The third-order valence-corrected chi connectivity index (χ3v) is 4.23. The quantitative estimate of drug-likeness (QED) is 0.184. The summed E-state index contributed by atoms with van der Waals surface area (Å²) in [5.41, 5.74) is 0. The lowest BCUT2D eigenvalue weighted by atomic mass is 10.1. The average Bonchev–Trinajstić information content (AvgIpc) is 2.70. The lowest BCUT2D eigenvalue weighted by molar-refractivity contribution is -0.145. The number of esters is 1. The van der Waals surface area contributed by atoms with Crippen LogP contribution in [0.3, 0.4) is 0 Å². The summed E-state index contributed by atoms with van der Waals surface area (Å²) in [6.45, 7) is 9.32. The summed E-state index contributed by atoms with van der Waals surface area (Å²) in [5, 5.41) is 0. The Bertz CT molecular complexity index is 311. The molecule has 0 rings (SSSR count). The molecule has 0 aliphatic carbocycles. The van der Waals surface area contributed by atoms with Gasteiger partial charge in [-0.3, -0.25) is 4.79 Å². The first-order valence-corrected chi connectivity index (χ1v) is 11.3. The first-order chi connectivity index (χ1) is 13.8. The van der Waals surface area contributed by atoms with Gasteiger partial charge in [0, 0.05) is 13.0 Å². The van der Waals surface area contributed by atoms with Crippen LogP contribution in [-0.4, -0.2) is 65.4 Å². The van der Waals surface area contributed by atoms with Gasteiger partial charge in [0.2, 0.25) is 0 Å². The van der Waals surface area contributed by atoms with Gasteiger partial charge < -0.3 is 23.7 Å². The fourth-order valence-corrected chi connectivity index (χ4v) is 2.55. The number of hydrogen-bond acceptors (Lipinski definition) is 6. The van der Waals surface area contributed by atoms with Crippen LogP contribution in [0.2, 0.25) is 0 Å². The van der Waals surface area contributed by atoms with Gasteiger partial charge in [0.25, 0.3) is 0 Å². The normalized spacial score (nSPS) is 11.1. The van der Waals surface area contributed by atoms with E-state index in [0.29, 0.717) is 59.3 Å². The Kier molecular flexibility index (Phi) is 23.7. The second kappa shape index (κ2) is 24.3. The van der Waals surface area contributed by atoms with Gasteiger partial charge >= 0.3 is 5.97 Å². The maximum Gasteiger partial charge on any atom is 0.305 e. The highest BCUT2D eigenvalue weighted by molar-refractivity contribution is 5.69. The van der Waals surface area contributed by atoms with Crippen molar-refractivity contribution in [3.63, 3.8) is 0 Å². The molecule has 168 valence electrons. The monoisotopic (exact) mass is 404 g/mol. The van der Waals surface area contributed by atoms with E-state index in [4.69, 9.17) is 23.7 Å². The van der Waals surface area contributed by atoms with E-state index in [2.05, 4.69) is 13.8 Å². The van der Waals surface area contributed by atoms with Crippen LogP contribution in [0.1, 0.15) is 78.1 Å². The van der Waals surface area contributed by atoms with Gasteiger partial charge in [-0.1, -0.05) is 58.8 Å². The molecule has 0 saturated heterocycles. The minimum Gasteiger partial charge on any atom is -0.463 e. The van der Waals surface area contributed by atoms with E-state index in [9.17, 15) is 4.79 Å². The Balaban J connectivity index is 3.09. The molecule has 6 nitrogen and oxygen atoms in total. The Morgan fingerprint density at radius 2 is 0.929 bits per heavy atom. The molecule has 0 spiro atoms. The molecule has 0 aliphatic heterocycles. The minimum atomic E-state index is -0.126. The SMILES string of the molecule is CCCCCCCC(=O)OCCOCCOCCOCCOCCCCCC. The van der Waals surface area contributed by atoms with Gasteiger partial charge in [-0.2, -0.15) is 0 Å². The van der Waals surface area contributed by atoms with Crippen molar-refractivity contribution in [3.8, 4) is 0 Å². The van der Waals surface area contributed by atoms with Crippen LogP contribution in [0, 0.1) is 0 Å². The first-order valence-electron chi connectivity index (χ1n) is 11.3. The van der Waals surface area contributed by atoms with Gasteiger partial charge in [0.15, 0.2) is 0 Å². The van der Waals surface area contributed by atoms with Crippen molar-refractivity contribution in [3.05, 3.63) is 0 Å². The van der Waals surface area contributed by atoms with Crippen molar-refractivity contribution in [1.29, 1.82) is 0 Å². The molecule has 28 heavy (non-hydrogen) atoms. The molecule has 0 N–H and O–H groups in total. The second-order valence-electron chi connectivity index (χ2n) is 6.89. The lowest BCUT2D eigenvalue weighted by Crippen LogP contribution is -2.14. The molecule has 0 unspecified atom stereocenters. The van der Waals surface area contributed by atoms with Gasteiger partial charge in [0.1, 0.15) is 6.61 Å². The van der Waals surface area contributed by atoms with Crippen molar-refractivity contribution in [1.82, 2.24) is 0 Å². The van der Waals surface area contributed by atoms with Crippen molar-refractivity contribution in [2.45, 2.75) is 78.1 Å². The van der Waals surface area contributed by atoms with Crippen LogP contribution in [0.25, 0.3) is 0 Å². The zero-order chi connectivity index (χ0) is 20.5. The van der Waals surface area contributed by atoms with Crippen molar-refractivity contribution in [2.24, 2.45) is 0 Å². The molecule has 0 aliphatic rings. The summed E-state index contributed by atoms with van der Waals surface area (Å²) in [6.07, 6.45) is 11.1. The number of ether oxygens (including phenoxy) is 5. The molecule has 0 amide bonds. The van der Waals surface area contributed by atoms with Crippen LogP contribution in [-0.2, 0) is 28.5 Å². The van der Waals surface area contributed by atoms with E-state index < -0.39 is 0 Å². The Morgan fingerprint density at radius 3 is 1.46 bits per heavy atom. The molecule has 0 aromatic carbocycles. The lowest BCUT2D eigenvalue weighted by Gasteiger charge is -2.08. The Morgan fingerprint density at radius 1 is 0.500 bits per heavy atom. The third-order valence-electron chi connectivity index (χ3n) is 4.23. The number of hydrogen-bond donors (Lipinski definition) is 0. The van der Waals surface area contributed by atoms with Crippen LogP contribution >= 0.6 is 0 Å². The molecule has 0 heterocycles. The van der Waals surface area contributed by atoms with E-state index in [1.54, 1.807) is 0 Å². The summed E-state index contributed by atoms with van der Waals surface area (Å²) < 4.78 is 26.9. The number of carbonyl (C=O) groups excluding carboxylic acids is 1. The smallest absolute Gasteiger partial charge is 0.305 e. The van der Waals surface area contributed by atoms with Gasteiger partial charge in [-0.15, -0.1) is 0 Å². The predicted octanol–water partition coefficient (Wildman–Crippen LogP) is 4.54. The van der Waals surface area contributed by atoms with Gasteiger partial charge in [-0.05, 0) is 12.8 Å². The van der Waals surface area contributed by atoms with Gasteiger partial charge in [0.05, 0.1) is 46.2 Å². The van der Waals surface area contributed by atoms with Crippen molar-refractivity contribution < 1.29 is 28.5 Å². The highest BCUT2D eigenvalue weighted by Crippen LogP contribution is 2.05. The molecule has 0 aromatic rings. The summed E-state index contributed by atoms with van der Waals surface area (Å²) in [6, 6.07) is 0. The van der Waals surface area contributed by atoms with Crippen LogP contribution in [0.4, 0.5) is 0 Å². The van der Waals surface area contributed by atoms with Crippen molar-refractivity contribution in [2.75, 3.05) is 59.5 Å². The number of unbranched alkanes of at least 4 members (excludes halogenated alkanes) is 7. The maximum atomic E-state index is 11.5. The first kappa shape index (κ1) is 27.3. The molecule has 0 atom stereocenters. The summed E-state index contributed by atoms with van der Waals surface area (Å²) in [7, 11) is 0. The zero-order valence-corrected chi connectivity index (χ0v) is 18.4. The second-order valence-corrected chi connectivity index (χ2v) is 6.89. The van der Waals surface area contributed by atoms with E-state index in [0.717, 1.165) is 25.9 Å². The molecule has 0 fully saturated rings. The zero-order valence-electron chi connectivity index (χ0n) is 18.4. The molecular weight excluding hydrogens is 360 g/mol. The number of carbonyl (C=O) groups is 1. The Hall–Kier alpha value is -0.690. The van der Waals surface area contributed by atoms with Crippen LogP contribution in [0.15, 0.2) is 0 Å². The van der Waals surface area contributed by atoms with Gasteiger partial charge in [-0.25, -0.2) is 0 Å². The fourth-order valence-electron chi connectivity index (χ4n) is 2.55. The summed E-state index contributed by atoms with van der Waals surface area (Å²) in [5.74, 6) is -0.126.